The summed E-state index contributed by atoms with van der Waals surface area (Å²) in [5.41, 5.74) is 4.66. The summed E-state index contributed by atoms with van der Waals surface area (Å²) in [4.78, 5) is 0. The van der Waals surface area contributed by atoms with Gasteiger partial charge in [0.25, 0.3) is 0 Å². The van der Waals surface area contributed by atoms with Crippen LogP contribution in [-0.4, -0.2) is 19.0 Å². The lowest BCUT2D eigenvalue weighted by atomic mass is 10.1. The maximum Gasteiger partial charge on any atom is 0.174 e. The van der Waals surface area contributed by atoms with E-state index in [2.05, 4.69) is 35.5 Å². The fourth-order valence-electron chi connectivity index (χ4n) is 3.39. The molecular weight excluding hydrogens is 318 g/mol. The quantitative estimate of drug-likeness (QED) is 0.683. The zero-order valence-corrected chi connectivity index (χ0v) is 15.3. The van der Waals surface area contributed by atoms with E-state index in [0.717, 1.165) is 35.9 Å². The van der Waals surface area contributed by atoms with Gasteiger partial charge in [0.1, 0.15) is 0 Å². The Morgan fingerprint density at radius 2 is 1.83 bits per heavy atom. The molecule has 1 aromatic carbocycles. The highest BCUT2D eigenvalue weighted by Crippen LogP contribution is 2.30. The molecule has 0 bridgehead atoms. The lowest BCUT2D eigenvalue weighted by Gasteiger charge is -2.09. The van der Waals surface area contributed by atoms with Gasteiger partial charge in [0, 0.05) is 17.6 Å². The van der Waals surface area contributed by atoms with E-state index in [1.54, 1.807) is 0 Å². The van der Waals surface area contributed by atoms with Gasteiger partial charge in [-0.2, -0.15) is 5.10 Å². The standard InChI is InChI=1S/C19H23N3OS/c1-4-15-16-12-20-21-19(18(16)22(6-3)17(15)5-2)24(23)13-14-10-8-7-9-11-14/h7-12H,4-6,13H2,1-3H3. The normalized spacial score (nSPS) is 12.6. The van der Waals surface area contributed by atoms with Gasteiger partial charge >= 0.3 is 0 Å². The molecule has 5 heteroatoms. The first-order chi connectivity index (χ1) is 11.7. The predicted octanol–water partition coefficient (Wildman–Crippen LogP) is 3.88. The van der Waals surface area contributed by atoms with Crippen LogP contribution < -0.4 is 0 Å². The Kier molecular flexibility index (Phi) is 5.09. The molecule has 3 rings (SSSR count). The Morgan fingerprint density at radius 3 is 2.46 bits per heavy atom. The number of hydrogen-bond acceptors (Lipinski definition) is 3. The van der Waals surface area contributed by atoms with E-state index in [0.29, 0.717) is 10.8 Å². The third-order valence-corrected chi connectivity index (χ3v) is 5.73. The van der Waals surface area contributed by atoms with Gasteiger partial charge in [-0.3, -0.25) is 4.21 Å². The van der Waals surface area contributed by atoms with Crippen LogP contribution in [0.1, 0.15) is 37.6 Å². The molecule has 0 saturated carbocycles. The molecule has 0 aliphatic heterocycles. The fourth-order valence-corrected chi connectivity index (χ4v) is 4.60. The van der Waals surface area contributed by atoms with Gasteiger partial charge < -0.3 is 4.57 Å². The largest absolute Gasteiger partial charge is 0.342 e. The smallest absolute Gasteiger partial charge is 0.174 e. The molecule has 1 atom stereocenters. The highest BCUT2D eigenvalue weighted by molar-refractivity contribution is 7.84. The van der Waals surface area contributed by atoms with Crippen molar-refractivity contribution in [1.82, 2.24) is 14.8 Å². The first-order valence-corrected chi connectivity index (χ1v) is 9.80. The average molecular weight is 341 g/mol. The molecule has 126 valence electrons. The second kappa shape index (κ2) is 7.26. The van der Waals surface area contributed by atoms with Crippen LogP contribution in [0, 0.1) is 0 Å². The summed E-state index contributed by atoms with van der Waals surface area (Å²) in [5, 5.41) is 10.1. The Bertz CT molecular complexity index is 871. The number of aromatic nitrogens is 3. The molecule has 0 spiro atoms. The molecule has 4 nitrogen and oxygen atoms in total. The number of aryl methyl sites for hydroxylation is 2. The second-order valence-electron chi connectivity index (χ2n) is 5.76. The molecule has 0 aliphatic carbocycles. The Labute approximate surface area is 145 Å². The molecule has 3 aromatic rings. The molecule has 0 radical (unpaired) electrons. The van der Waals surface area contributed by atoms with Gasteiger partial charge in [-0.15, -0.1) is 5.10 Å². The monoisotopic (exact) mass is 341 g/mol. The molecule has 2 heterocycles. The van der Waals surface area contributed by atoms with Crippen LogP contribution in [0.4, 0.5) is 0 Å². The van der Waals surface area contributed by atoms with Crippen LogP contribution in [0.5, 0.6) is 0 Å². The highest BCUT2D eigenvalue weighted by Gasteiger charge is 2.21. The molecule has 0 aliphatic rings. The number of fused-ring (bicyclic) bond motifs is 1. The van der Waals surface area contributed by atoms with E-state index in [-0.39, 0.29) is 0 Å². The van der Waals surface area contributed by atoms with Crippen molar-refractivity contribution in [3.63, 3.8) is 0 Å². The van der Waals surface area contributed by atoms with Crippen molar-refractivity contribution in [2.75, 3.05) is 0 Å². The third-order valence-electron chi connectivity index (χ3n) is 4.42. The lowest BCUT2D eigenvalue weighted by molar-refractivity contribution is 0.675. The van der Waals surface area contributed by atoms with Crippen molar-refractivity contribution < 1.29 is 4.21 Å². The summed E-state index contributed by atoms with van der Waals surface area (Å²) in [6.45, 7) is 7.30. The van der Waals surface area contributed by atoms with Gasteiger partial charge in [-0.05, 0) is 30.9 Å². The maximum absolute atomic E-state index is 13.0. The lowest BCUT2D eigenvalue weighted by Crippen LogP contribution is -2.06. The van der Waals surface area contributed by atoms with E-state index >= 15 is 0 Å². The van der Waals surface area contributed by atoms with Crippen molar-refractivity contribution in [2.45, 2.75) is 50.9 Å². The number of benzene rings is 1. The van der Waals surface area contributed by atoms with Gasteiger partial charge in [-0.25, -0.2) is 0 Å². The molecule has 0 amide bonds. The van der Waals surface area contributed by atoms with Crippen molar-refractivity contribution in [3.05, 3.63) is 53.3 Å². The summed E-state index contributed by atoms with van der Waals surface area (Å²) in [7, 11) is -1.21. The van der Waals surface area contributed by atoms with Crippen molar-refractivity contribution in [2.24, 2.45) is 0 Å². The Balaban J connectivity index is 2.15. The zero-order valence-electron chi connectivity index (χ0n) is 14.5. The molecule has 0 fully saturated rings. The van der Waals surface area contributed by atoms with Crippen LogP contribution in [-0.2, 0) is 35.9 Å². The number of rotatable bonds is 6. The van der Waals surface area contributed by atoms with Crippen LogP contribution in [0.25, 0.3) is 10.9 Å². The maximum atomic E-state index is 13.0. The molecule has 1 unspecified atom stereocenters. The number of nitrogens with zero attached hydrogens (tertiary/aromatic N) is 3. The SMILES string of the molecule is CCc1c(CC)n(CC)c2c(S(=O)Cc3ccccc3)nncc12. The van der Waals surface area contributed by atoms with Crippen LogP contribution in [0.3, 0.4) is 0 Å². The van der Waals surface area contributed by atoms with Crippen molar-refractivity contribution in [1.29, 1.82) is 0 Å². The summed E-state index contributed by atoms with van der Waals surface area (Å²) in [5.74, 6) is 0.465. The van der Waals surface area contributed by atoms with E-state index in [1.165, 1.54) is 11.3 Å². The van der Waals surface area contributed by atoms with Crippen LogP contribution in [0.2, 0.25) is 0 Å². The van der Waals surface area contributed by atoms with Crippen LogP contribution >= 0.6 is 0 Å². The fraction of sp³-hybridized carbons (Fsp3) is 0.368. The summed E-state index contributed by atoms with van der Waals surface area (Å²) < 4.78 is 15.3. The molecule has 0 saturated heterocycles. The van der Waals surface area contributed by atoms with Crippen LogP contribution in [0.15, 0.2) is 41.6 Å². The highest BCUT2D eigenvalue weighted by atomic mass is 32.2. The second-order valence-corrected chi connectivity index (χ2v) is 7.13. The summed E-state index contributed by atoms with van der Waals surface area (Å²) in [6, 6.07) is 9.91. The molecule has 2 aromatic heterocycles. The van der Waals surface area contributed by atoms with Gasteiger partial charge in [0.15, 0.2) is 5.03 Å². The molecule has 24 heavy (non-hydrogen) atoms. The van der Waals surface area contributed by atoms with Gasteiger partial charge in [0.05, 0.1) is 28.3 Å². The van der Waals surface area contributed by atoms with E-state index in [1.807, 2.05) is 36.5 Å². The Hall–Kier alpha value is -2.01. The van der Waals surface area contributed by atoms with Crippen molar-refractivity contribution in [3.8, 4) is 0 Å². The summed E-state index contributed by atoms with van der Waals surface area (Å²) >= 11 is 0. The van der Waals surface area contributed by atoms with Gasteiger partial charge in [0.2, 0.25) is 0 Å². The third kappa shape index (κ3) is 2.88. The summed E-state index contributed by atoms with van der Waals surface area (Å²) in [6.07, 6.45) is 3.72. The van der Waals surface area contributed by atoms with Crippen molar-refractivity contribution >= 4 is 21.7 Å². The van der Waals surface area contributed by atoms with E-state index < -0.39 is 10.8 Å². The molecular formula is C19H23N3OS. The minimum Gasteiger partial charge on any atom is -0.342 e. The predicted molar refractivity (Wildman–Crippen MR) is 98.5 cm³/mol. The number of hydrogen-bond donors (Lipinski definition) is 0. The van der Waals surface area contributed by atoms with E-state index in [4.69, 9.17) is 0 Å². The molecule has 0 N–H and O–H groups in total. The van der Waals surface area contributed by atoms with Gasteiger partial charge in [-0.1, -0.05) is 44.2 Å². The zero-order chi connectivity index (χ0) is 17.1. The minimum absolute atomic E-state index is 0.465. The topological polar surface area (TPSA) is 47.8 Å². The van der Waals surface area contributed by atoms with E-state index in [9.17, 15) is 4.21 Å². The average Bonchev–Trinajstić information content (AvgIpc) is 2.94. The first-order valence-electron chi connectivity index (χ1n) is 8.49. The first kappa shape index (κ1) is 16.8. The minimum atomic E-state index is -1.21. The Morgan fingerprint density at radius 1 is 1.08 bits per heavy atom.